The van der Waals surface area contributed by atoms with Gasteiger partial charge in [-0.25, -0.2) is 0 Å². The van der Waals surface area contributed by atoms with Gasteiger partial charge in [0.2, 0.25) is 0 Å². The maximum absolute atomic E-state index is 13.3. The summed E-state index contributed by atoms with van der Waals surface area (Å²) in [5, 5.41) is 20.5. The van der Waals surface area contributed by atoms with E-state index < -0.39 is 54.9 Å². The van der Waals surface area contributed by atoms with E-state index in [0.717, 1.165) is 36.1 Å². The number of β-lactam (4-membered cyclic amide) rings is 1. The lowest BCUT2D eigenvalue weighted by molar-refractivity contribution is -0.385. The van der Waals surface area contributed by atoms with Crippen molar-refractivity contribution in [2.24, 2.45) is 4.99 Å². The predicted octanol–water partition coefficient (Wildman–Crippen LogP) is 2.39. The van der Waals surface area contributed by atoms with Gasteiger partial charge in [0, 0.05) is 48.7 Å². The summed E-state index contributed by atoms with van der Waals surface area (Å²) in [6.45, 7) is 0.756. The van der Waals surface area contributed by atoms with Crippen LogP contribution in [0.4, 0.5) is 11.4 Å². The van der Waals surface area contributed by atoms with Gasteiger partial charge in [-0.05, 0) is 29.8 Å². The predicted molar refractivity (Wildman–Crippen MR) is 134 cm³/mol. The SMILES string of the molecule is CC(=O)OCC1=C(S(=O)(=O)Oc2ccc([N+](=O)[O-])cc2)N2C(=O)C(N=Cc3ccc([N+](=O)[O-])cc3)[C@@H]2SC1. The number of nitro groups is 2. The quantitative estimate of drug-likeness (QED) is 0.109. The highest BCUT2D eigenvalue weighted by Gasteiger charge is 2.55. The molecule has 0 radical (unpaired) electrons. The molecule has 0 bridgehead atoms. The second-order valence-corrected chi connectivity index (χ2v) is 10.5. The maximum atomic E-state index is 13.3. The molecule has 1 saturated heterocycles. The van der Waals surface area contributed by atoms with Gasteiger partial charge in [-0.3, -0.25) is 39.7 Å². The molecule has 38 heavy (non-hydrogen) atoms. The van der Waals surface area contributed by atoms with Crippen molar-refractivity contribution < 1.29 is 36.8 Å². The van der Waals surface area contributed by atoms with Crippen LogP contribution < -0.4 is 4.18 Å². The number of aliphatic imine (C=N–C) groups is 1. The number of hydrogen-bond donors (Lipinski definition) is 0. The smallest absolute Gasteiger partial charge is 0.355 e. The molecule has 4 rings (SSSR count). The molecule has 0 N–H and O–H groups in total. The molecular weight excluding hydrogens is 544 g/mol. The van der Waals surface area contributed by atoms with Crippen LogP contribution in [0.25, 0.3) is 0 Å². The van der Waals surface area contributed by atoms with Crippen molar-refractivity contribution in [2.45, 2.75) is 18.3 Å². The Morgan fingerprint density at radius 3 is 2.24 bits per heavy atom. The summed E-state index contributed by atoms with van der Waals surface area (Å²) in [4.78, 5) is 50.1. The minimum Gasteiger partial charge on any atom is -0.461 e. The zero-order valence-electron chi connectivity index (χ0n) is 19.5. The van der Waals surface area contributed by atoms with E-state index in [2.05, 4.69) is 4.99 Å². The Kier molecular flexibility index (Phi) is 7.45. The van der Waals surface area contributed by atoms with Crippen molar-refractivity contribution in [2.75, 3.05) is 12.4 Å². The number of carbonyl (C=O) groups is 2. The lowest BCUT2D eigenvalue weighted by Crippen LogP contribution is -2.64. The number of benzene rings is 2. The molecule has 14 nitrogen and oxygen atoms in total. The number of fused-ring (bicyclic) bond motifs is 1. The topological polar surface area (TPSA) is 189 Å². The molecule has 1 amide bonds. The van der Waals surface area contributed by atoms with Gasteiger partial charge in [0.1, 0.15) is 17.7 Å². The van der Waals surface area contributed by atoms with Gasteiger partial charge < -0.3 is 8.92 Å². The molecule has 2 aliphatic rings. The van der Waals surface area contributed by atoms with Crippen molar-refractivity contribution >= 4 is 51.3 Å². The number of hydrogen-bond acceptors (Lipinski definition) is 12. The van der Waals surface area contributed by atoms with E-state index in [1.54, 1.807) is 0 Å². The number of thioether (sulfide) groups is 1. The van der Waals surface area contributed by atoms with Crippen molar-refractivity contribution in [1.29, 1.82) is 0 Å². The first-order chi connectivity index (χ1) is 18.0. The number of esters is 1. The molecule has 2 aliphatic heterocycles. The molecule has 0 saturated carbocycles. The van der Waals surface area contributed by atoms with Crippen LogP contribution in [0, 0.1) is 20.2 Å². The van der Waals surface area contributed by atoms with Crippen molar-refractivity contribution in [1.82, 2.24) is 4.90 Å². The minimum atomic E-state index is -4.64. The van der Waals surface area contributed by atoms with Gasteiger partial charge in [-0.2, -0.15) is 8.42 Å². The molecule has 2 heterocycles. The first kappa shape index (κ1) is 26.7. The number of nitro benzene ring substituents is 2. The van der Waals surface area contributed by atoms with Crippen molar-refractivity contribution in [3.63, 3.8) is 0 Å². The second kappa shape index (κ2) is 10.6. The third kappa shape index (κ3) is 5.50. The van der Waals surface area contributed by atoms with Gasteiger partial charge in [0.15, 0.2) is 11.1 Å². The lowest BCUT2D eigenvalue weighted by Gasteiger charge is -2.47. The Morgan fingerprint density at radius 1 is 1.11 bits per heavy atom. The van der Waals surface area contributed by atoms with Gasteiger partial charge in [-0.15, -0.1) is 11.8 Å². The standard InChI is InChI=1S/C22H18N4O10S2/c1-13(27)35-11-15-12-37-21-19(23-10-14-2-4-16(5-3-14)25(29)30)20(28)24(21)22(15)38(33,34)36-18-8-6-17(7-9-18)26(31)32/h2-10,19,21H,11-12H2,1H3/t19?,21-/m0/s1. The second-order valence-electron chi connectivity index (χ2n) is 7.96. The average molecular weight is 563 g/mol. The first-order valence-corrected chi connectivity index (χ1v) is 13.2. The summed E-state index contributed by atoms with van der Waals surface area (Å²) < 4.78 is 36.7. The fourth-order valence-corrected chi connectivity index (χ4v) is 6.46. The fourth-order valence-electron chi connectivity index (χ4n) is 3.61. The number of nitrogens with zero attached hydrogens (tertiary/aromatic N) is 4. The molecule has 1 unspecified atom stereocenters. The van der Waals surface area contributed by atoms with E-state index in [4.69, 9.17) is 8.92 Å². The van der Waals surface area contributed by atoms with Gasteiger partial charge in [0.25, 0.3) is 17.3 Å². The lowest BCUT2D eigenvalue weighted by atomic mass is 10.1. The van der Waals surface area contributed by atoms with Crippen LogP contribution in [0.15, 0.2) is 64.1 Å². The van der Waals surface area contributed by atoms with E-state index in [0.29, 0.717) is 5.56 Å². The highest BCUT2D eigenvalue weighted by Crippen LogP contribution is 2.44. The Morgan fingerprint density at radius 2 is 1.68 bits per heavy atom. The maximum Gasteiger partial charge on any atom is 0.355 e. The Bertz CT molecular complexity index is 1470. The molecule has 2 aromatic rings. The average Bonchev–Trinajstić information content (AvgIpc) is 2.87. The highest BCUT2D eigenvalue weighted by molar-refractivity contribution is 8.00. The molecule has 0 aromatic heterocycles. The number of carbonyl (C=O) groups excluding carboxylic acids is 2. The zero-order chi connectivity index (χ0) is 27.6. The molecule has 0 aliphatic carbocycles. The summed E-state index contributed by atoms with van der Waals surface area (Å²) in [6.07, 6.45) is 1.36. The normalized spacial score (nSPS) is 19.1. The van der Waals surface area contributed by atoms with Crippen LogP contribution >= 0.6 is 11.8 Å². The largest absolute Gasteiger partial charge is 0.461 e. The van der Waals surface area contributed by atoms with Crippen LogP contribution in [0.2, 0.25) is 0 Å². The van der Waals surface area contributed by atoms with E-state index in [1.165, 1.54) is 42.2 Å². The highest BCUT2D eigenvalue weighted by atomic mass is 32.2. The van der Waals surface area contributed by atoms with Crippen LogP contribution in [-0.2, 0) is 24.4 Å². The number of amides is 1. The molecular formula is C22H18N4O10S2. The van der Waals surface area contributed by atoms with E-state index >= 15 is 0 Å². The number of non-ortho nitro benzene ring substituents is 2. The zero-order valence-corrected chi connectivity index (χ0v) is 21.1. The molecule has 2 atom stereocenters. The molecule has 0 spiro atoms. The van der Waals surface area contributed by atoms with Gasteiger partial charge >= 0.3 is 16.1 Å². The van der Waals surface area contributed by atoms with Crippen molar-refractivity contribution in [3.05, 3.63) is 84.9 Å². The Hall–Kier alpha value is -4.31. The van der Waals surface area contributed by atoms with Crippen LogP contribution in [0.1, 0.15) is 12.5 Å². The van der Waals surface area contributed by atoms with Crippen molar-refractivity contribution in [3.8, 4) is 5.75 Å². The van der Waals surface area contributed by atoms with Crippen LogP contribution in [0.5, 0.6) is 5.75 Å². The van der Waals surface area contributed by atoms with E-state index in [9.17, 15) is 38.2 Å². The summed E-state index contributed by atoms with van der Waals surface area (Å²) in [5.41, 5.74) is 0.243. The fraction of sp³-hybridized carbons (Fsp3) is 0.227. The molecule has 198 valence electrons. The third-order valence-corrected chi connectivity index (χ3v) is 8.09. The summed E-state index contributed by atoms with van der Waals surface area (Å²) >= 11 is 1.22. The molecule has 16 heteroatoms. The summed E-state index contributed by atoms with van der Waals surface area (Å²) in [6, 6.07) is 8.90. The summed E-state index contributed by atoms with van der Waals surface area (Å²) in [5.74, 6) is -1.43. The van der Waals surface area contributed by atoms with Gasteiger partial charge in [0.05, 0.1) is 9.85 Å². The molecule has 1 fully saturated rings. The Labute approximate surface area is 219 Å². The van der Waals surface area contributed by atoms with Crippen LogP contribution in [0.3, 0.4) is 0 Å². The van der Waals surface area contributed by atoms with Crippen LogP contribution in [-0.4, -0.2) is 65.0 Å². The van der Waals surface area contributed by atoms with Gasteiger partial charge in [-0.1, -0.05) is 0 Å². The number of rotatable bonds is 9. The molecule has 2 aromatic carbocycles. The summed E-state index contributed by atoms with van der Waals surface area (Å²) in [7, 11) is -4.64. The Balaban J connectivity index is 1.60. The number of ether oxygens (including phenoxy) is 1. The first-order valence-electron chi connectivity index (χ1n) is 10.7. The van der Waals surface area contributed by atoms with E-state index in [-0.39, 0.29) is 28.5 Å². The van der Waals surface area contributed by atoms with E-state index in [1.807, 2.05) is 0 Å². The minimum absolute atomic E-state index is 0.0868. The monoisotopic (exact) mass is 562 g/mol. The third-order valence-electron chi connectivity index (χ3n) is 5.39.